The van der Waals surface area contributed by atoms with E-state index in [2.05, 4.69) is 6.58 Å². The molecular formula is C25H25F4NO4S. The summed E-state index contributed by atoms with van der Waals surface area (Å²) in [5, 5.41) is 0. The molecule has 0 aromatic heterocycles. The number of sulfone groups is 1. The van der Waals surface area contributed by atoms with Crippen molar-refractivity contribution in [3.8, 4) is 0 Å². The van der Waals surface area contributed by atoms with E-state index < -0.39 is 54.6 Å². The number of likely N-dealkylation sites (tertiary alicyclic amines) is 1. The number of Topliss-reactive ketones (excluding diaryl/α,β-unsaturated/α-hetero) is 1. The molecule has 1 amide bonds. The first-order valence-electron chi connectivity index (χ1n) is 10.9. The van der Waals surface area contributed by atoms with Crippen molar-refractivity contribution < 1.29 is 35.6 Å². The number of carbonyl (C=O) groups is 2. The SMILES string of the molecule is C=Cc1cc(C(=O)C(=O)N2CCC(C(C)(C)S(=O)(=O)c3cccc(C(F)(F)F)c3)CC2)ccc1F. The molecule has 1 aliphatic heterocycles. The van der Waals surface area contributed by atoms with Crippen molar-refractivity contribution in [3.05, 3.63) is 71.6 Å². The smallest absolute Gasteiger partial charge is 0.336 e. The topological polar surface area (TPSA) is 71.5 Å². The number of hydrogen-bond donors (Lipinski definition) is 0. The average Bonchev–Trinajstić information content (AvgIpc) is 2.83. The van der Waals surface area contributed by atoms with Crippen LogP contribution in [0.25, 0.3) is 6.08 Å². The standard InChI is InChI=1S/C25H25F4NO4S/c1-4-16-14-17(8-9-21(16)26)22(31)23(32)30-12-10-18(11-13-30)24(2,3)35(33,34)20-7-5-6-19(15-20)25(27,28)29/h4-9,14-15,18H,1,10-13H2,2-3H3. The summed E-state index contributed by atoms with van der Waals surface area (Å²) in [4.78, 5) is 26.2. The molecule has 0 aliphatic carbocycles. The average molecular weight is 512 g/mol. The maximum absolute atomic E-state index is 13.7. The number of nitrogens with zero attached hydrogens (tertiary/aromatic N) is 1. The molecule has 2 aromatic rings. The van der Waals surface area contributed by atoms with E-state index in [9.17, 15) is 35.6 Å². The van der Waals surface area contributed by atoms with E-state index in [0.29, 0.717) is 6.07 Å². The van der Waals surface area contributed by atoms with Crippen molar-refractivity contribution in [3.63, 3.8) is 0 Å². The Hall–Kier alpha value is -3.01. The van der Waals surface area contributed by atoms with Crippen LogP contribution in [0.4, 0.5) is 17.6 Å². The summed E-state index contributed by atoms with van der Waals surface area (Å²) in [7, 11) is -4.15. The lowest BCUT2D eigenvalue weighted by Gasteiger charge is -2.40. The third kappa shape index (κ3) is 5.17. The van der Waals surface area contributed by atoms with Gasteiger partial charge in [0.15, 0.2) is 9.84 Å². The van der Waals surface area contributed by atoms with Gasteiger partial charge in [-0.25, -0.2) is 12.8 Å². The summed E-state index contributed by atoms with van der Waals surface area (Å²) in [5.74, 6) is -2.64. The van der Waals surface area contributed by atoms with Gasteiger partial charge in [-0.3, -0.25) is 9.59 Å². The van der Waals surface area contributed by atoms with Crippen LogP contribution < -0.4 is 0 Å². The van der Waals surface area contributed by atoms with Gasteiger partial charge in [-0.15, -0.1) is 0 Å². The molecule has 1 fully saturated rings. The predicted octanol–water partition coefficient (Wildman–Crippen LogP) is 5.16. The van der Waals surface area contributed by atoms with Gasteiger partial charge in [0.05, 0.1) is 15.2 Å². The molecule has 0 N–H and O–H groups in total. The fourth-order valence-corrected chi connectivity index (χ4v) is 6.07. The number of ketones is 1. The molecule has 0 spiro atoms. The van der Waals surface area contributed by atoms with Gasteiger partial charge in [-0.1, -0.05) is 18.7 Å². The van der Waals surface area contributed by atoms with E-state index in [-0.39, 0.29) is 37.1 Å². The Labute approximate surface area is 201 Å². The summed E-state index contributed by atoms with van der Waals surface area (Å²) in [5.41, 5.74) is -0.946. The molecule has 1 saturated heterocycles. The van der Waals surface area contributed by atoms with Crippen LogP contribution in [0.1, 0.15) is 48.2 Å². The second-order valence-corrected chi connectivity index (χ2v) is 11.5. The summed E-state index contributed by atoms with van der Waals surface area (Å²) in [6.45, 7) is 6.60. The Kier molecular flexibility index (Phi) is 7.26. The third-order valence-electron chi connectivity index (χ3n) is 6.60. The third-order valence-corrected chi connectivity index (χ3v) is 9.20. The number of amides is 1. The highest BCUT2D eigenvalue weighted by atomic mass is 32.2. The lowest BCUT2D eigenvalue weighted by Crippen LogP contribution is -2.49. The fourth-order valence-electron chi connectivity index (χ4n) is 4.25. The maximum atomic E-state index is 13.7. The van der Waals surface area contributed by atoms with Crippen LogP contribution in [0.15, 0.2) is 53.9 Å². The molecule has 5 nitrogen and oxygen atoms in total. The van der Waals surface area contributed by atoms with E-state index in [0.717, 1.165) is 24.3 Å². The Morgan fingerprint density at radius 2 is 1.69 bits per heavy atom. The zero-order valence-corrected chi connectivity index (χ0v) is 20.0. The number of carbonyl (C=O) groups excluding carboxylic acids is 2. The van der Waals surface area contributed by atoms with Crippen LogP contribution in [0.3, 0.4) is 0 Å². The molecule has 1 aliphatic rings. The number of hydrogen-bond acceptors (Lipinski definition) is 4. The van der Waals surface area contributed by atoms with Crippen LogP contribution in [0, 0.1) is 11.7 Å². The highest BCUT2D eigenvalue weighted by molar-refractivity contribution is 7.92. The minimum atomic E-state index is -4.68. The van der Waals surface area contributed by atoms with E-state index in [4.69, 9.17) is 0 Å². The van der Waals surface area contributed by atoms with Gasteiger partial charge in [-0.05, 0) is 69.0 Å². The Morgan fingerprint density at radius 3 is 2.26 bits per heavy atom. The fraction of sp³-hybridized carbons (Fsp3) is 0.360. The molecule has 0 atom stereocenters. The number of piperidine rings is 1. The lowest BCUT2D eigenvalue weighted by atomic mass is 9.85. The van der Waals surface area contributed by atoms with Crippen LogP contribution >= 0.6 is 0 Å². The van der Waals surface area contributed by atoms with Gasteiger partial charge < -0.3 is 4.90 Å². The summed E-state index contributed by atoms with van der Waals surface area (Å²) < 4.78 is 78.1. The van der Waals surface area contributed by atoms with E-state index in [1.807, 2.05) is 0 Å². The zero-order chi connectivity index (χ0) is 26.2. The van der Waals surface area contributed by atoms with Crippen molar-refractivity contribution in [2.75, 3.05) is 13.1 Å². The second-order valence-electron chi connectivity index (χ2n) is 8.97. The molecule has 1 heterocycles. The zero-order valence-electron chi connectivity index (χ0n) is 19.2. The quantitative estimate of drug-likeness (QED) is 0.305. The minimum absolute atomic E-state index is 0.0147. The monoisotopic (exact) mass is 511 g/mol. The van der Waals surface area contributed by atoms with Crippen LogP contribution in [-0.2, 0) is 20.8 Å². The largest absolute Gasteiger partial charge is 0.416 e. The molecule has 188 valence electrons. The normalized spacial score (nSPS) is 15.7. The van der Waals surface area contributed by atoms with Gasteiger partial charge in [-0.2, -0.15) is 13.2 Å². The van der Waals surface area contributed by atoms with E-state index in [1.54, 1.807) is 0 Å². The van der Waals surface area contributed by atoms with Crippen molar-refractivity contribution in [1.29, 1.82) is 0 Å². The maximum Gasteiger partial charge on any atom is 0.416 e. The first-order chi connectivity index (χ1) is 16.2. The molecule has 35 heavy (non-hydrogen) atoms. The summed E-state index contributed by atoms with van der Waals surface area (Å²) >= 11 is 0. The van der Waals surface area contributed by atoms with Crippen molar-refractivity contribution in [2.24, 2.45) is 5.92 Å². The first kappa shape index (κ1) is 26.6. The second kappa shape index (κ2) is 9.56. The summed E-state index contributed by atoms with van der Waals surface area (Å²) in [6, 6.07) is 7.17. The number of halogens is 4. The van der Waals surface area contributed by atoms with Crippen LogP contribution in [-0.4, -0.2) is 42.8 Å². The number of benzene rings is 2. The molecule has 10 heteroatoms. The van der Waals surface area contributed by atoms with Crippen molar-refractivity contribution in [1.82, 2.24) is 4.90 Å². The molecule has 0 unspecified atom stereocenters. The Balaban J connectivity index is 1.74. The van der Waals surface area contributed by atoms with Crippen LogP contribution in [0.5, 0.6) is 0 Å². The van der Waals surface area contributed by atoms with Gasteiger partial charge in [0.2, 0.25) is 5.78 Å². The minimum Gasteiger partial charge on any atom is -0.336 e. The molecule has 2 aromatic carbocycles. The van der Waals surface area contributed by atoms with Gasteiger partial charge in [0.25, 0.3) is 5.91 Å². The predicted molar refractivity (Wildman–Crippen MR) is 123 cm³/mol. The molecule has 0 saturated carbocycles. The molecule has 0 bridgehead atoms. The highest BCUT2D eigenvalue weighted by Gasteiger charge is 2.45. The molecule has 0 radical (unpaired) electrons. The van der Waals surface area contributed by atoms with Crippen molar-refractivity contribution >= 4 is 27.6 Å². The van der Waals surface area contributed by atoms with Crippen LogP contribution in [0.2, 0.25) is 0 Å². The Morgan fingerprint density at radius 1 is 1.06 bits per heavy atom. The molecular weight excluding hydrogens is 486 g/mol. The van der Waals surface area contributed by atoms with Gasteiger partial charge in [0.1, 0.15) is 5.82 Å². The van der Waals surface area contributed by atoms with E-state index in [1.165, 1.54) is 37.0 Å². The molecule has 3 rings (SSSR count). The van der Waals surface area contributed by atoms with Gasteiger partial charge >= 0.3 is 6.18 Å². The van der Waals surface area contributed by atoms with E-state index >= 15 is 0 Å². The Bertz CT molecular complexity index is 1260. The first-order valence-corrected chi connectivity index (χ1v) is 12.4. The van der Waals surface area contributed by atoms with Crippen molar-refractivity contribution in [2.45, 2.75) is 42.5 Å². The lowest BCUT2D eigenvalue weighted by molar-refractivity contribution is -0.137. The number of alkyl halides is 3. The summed E-state index contributed by atoms with van der Waals surface area (Å²) in [6.07, 6.45) is -2.96. The highest BCUT2D eigenvalue weighted by Crippen LogP contribution is 2.39. The van der Waals surface area contributed by atoms with Gasteiger partial charge in [0, 0.05) is 24.2 Å². The number of rotatable bonds is 6.